The first-order valence-corrected chi connectivity index (χ1v) is 7.08. The first-order chi connectivity index (χ1) is 7.85. The van der Waals surface area contributed by atoms with Crippen molar-refractivity contribution in [1.29, 1.82) is 0 Å². The van der Waals surface area contributed by atoms with E-state index >= 15 is 0 Å². The second-order valence-electron chi connectivity index (χ2n) is 4.37. The summed E-state index contributed by atoms with van der Waals surface area (Å²) in [5.74, 6) is 0. The minimum Gasteiger partial charge on any atom is -0.411 e. The van der Waals surface area contributed by atoms with Gasteiger partial charge >= 0.3 is 7.12 Å². The van der Waals surface area contributed by atoms with E-state index in [2.05, 4.69) is 20.8 Å². The van der Waals surface area contributed by atoms with Gasteiger partial charge in [0.1, 0.15) is 0 Å². The summed E-state index contributed by atoms with van der Waals surface area (Å²) >= 11 is 0. The van der Waals surface area contributed by atoms with Gasteiger partial charge in [0.15, 0.2) is 0 Å². The molecule has 0 amide bonds. The summed E-state index contributed by atoms with van der Waals surface area (Å²) < 4.78 is 11.5. The normalized spacial score (nSPS) is 10.7. The molecule has 0 bridgehead atoms. The average molecular weight is 228 g/mol. The molecule has 16 heavy (non-hydrogen) atoms. The molecule has 0 unspecified atom stereocenters. The van der Waals surface area contributed by atoms with Crippen LogP contribution in [0.1, 0.15) is 65.7 Å². The second-order valence-corrected chi connectivity index (χ2v) is 4.37. The first kappa shape index (κ1) is 16.0. The molecule has 0 saturated carbocycles. The third kappa shape index (κ3) is 10.5. The molecule has 96 valence electrons. The summed E-state index contributed by atoms with van der Waals surface area (Å²) in [7, 11) is 0.0460. The number of unbranched alkanes of at least 4 members (excludes halogenated alkanes) is 4. The van der Waals surface area contributed by atoms with Crippen LogP contribution in [0.5, 0.6) is 0 Å². The summed E-state index contributed by atoms with van der Waals surface area (Å²) in [5, 5.41) is 0. The summed E-state index contributed by atoms with van der Waals surface area (Å²) in [6, 6.07) is 0. The minimum absolute atomic E-state index is 0.0460. The molecular weight excluding hydrogens is 199 g/mol. The van der Waals surface area contributed by atoms with Crippen molar-refractivity contribution in [3.63, 3.8) is 0 Å². The van der Waals surface area contributed by atoms with Crippen LogP contribution < -0.4 is 0 Å². The molecule has 0 saturated heterocycles. The number of hydrogen-bond donors (Lipinski definition) is 0. The van der Waals surface area contributed by atoms with Crippen molar-refractivity contribution in [1.82, 2.24) is 0 Å². The van der Waals surface area contributed by atoms with Gasteiger partial charge in [-0.15, -0.1) is 0 Å². The topological polar surface area (TPSA) is 18.5 Å². The molecule has 0 aliphatic heterocycles. The van der Waals surface area contributed by atoms with Gasteiger partial charge in [0, 0.05) is 13.2 Å². The monoisotopic (exact) mass is 228 g/mol. The van der Waals surface area contributed by atoms with Gasteiger partial charge in [-0.1, -0.05) is 52.9 Å². The van der Waals surface area contributed by atoms with Crippen molar-refractivity contribution in [2.75, 3.05) is 13.2 Å². The maximum absolute atomic E-state index is 5.75. The minimum atomic E-state index is 0.0460. The van der Waals surface area contributed by atoms with Crippen LogP contribution in [0.4, 0.5) is 0 Å². The summed E-state index contributed by atoms with van der Waals surface area (Å²) in [6.07, 6.45) is 9.48. The molecule has 0 fully saturated rings. The van der Waals surface area contributed by atoms with Crippen molar-refractivity contribution < 1.29 is 9.31 Å². The van der Waals surface area contributed by atoms with E-state index in [1.807, 2.05) is 0 Å². The molecule has 0 aromatic heterocycles. The fourth-order valence-electron chi connectivity index (χ4n) is 1.49. The zero-order chi connectivity index (χ0) is 12.1. The van der Waals surface area contributed by atoms with Crippen LogP contribution >= 0.6 is 0 Å². The van der Waals surface area contributed by atoms with Crippen LogP contribution in [-0.2, 0) is 9.31 Å². The molecule has 0 rings (SSSR count). The molecule has 3 heteroatoms. The Balaban J connectivity index is 3.58. The number of hydrogen-bond acceptors (Lipinski definition) is 2. The fourth-order valence-corrected chi connectivity index (χ4v) is 1.49. The third-order valence-corrected chi connectivity index (χ3v) is 2.65. The lowest BCUT2D eigenvalue weighted by Gasteiger charge is -2.14. The maximum atomic E-state index is 5.75. The average Bonchev–Trinajstić information content (AvgIpc) is 2.29. The molecule has 0 aliphatic carbocycles. The quantitative estimate of drug-likeness (QED) is 0.366. The third-order valence-electron chi connectivity index (χ3n) is 2.65. The van der Waals surface area contributed by atoms with E-state index in [0.717, 1.165) is 32.4 Å². The van der Waals surface area contributed by atoms with Crippen molar-refractivity contribution in [2.24, 2.45) is 0 Å². The maximum Gasteiger partial charge on any atom is 0.456 e. The predicted octanol–water partition coefficient (Wildman–Crippen LogP) is 4.30. The van der Waals surface area contributed by atoms with Gasteiger partial charge in [-0.25, -0.2) is 0 Å². The molecule has 0 N–H and O–H groups in total. The van der Waals surface area contributed by atoms with E-state index in [9.17, 15) is 0 Å². The van der Waals surface area contributed by atoms with Gasteiger partial charge in [-0.05, 0) is 19.2 Å². The van der Waals surface area contributed by atoms with Crippen molar-refractivity contribution in [3.8, 4) is 0 Å². The highest BCUT2D eigenvalue weighted by atomic mass is 16.6. The first-order valence-electron chi connectivity index (χ1n) is 7.08. The number of rotatable bonds is 12. The van der Waals surface area contributed by atoms with E-state index in [1.165, 1.54) is 32.1 Å². The Bertz CT molecular complexity index is 107. The van der Waals surface area contributed by atoms with Crippen molar-refractivity contribution in [3.05, 3.63) is 0 Å². The molecule has 0 radical (unpaired) electrons. The lowest BCUT2D eigenvalue weighted by molar-refractivity contribution is 0.190. The van der Waals surface area contributed by atoms with E-state index in [1.54, 1.807) is 0 Å². The van der Waals surface area contributed by atoms with Crippen molar-refractivity contribution in [2.45, 2.75) is 72.0 Å². The van der Waals surface area contributed by atoms with Crippen LogP contribution in [0.25, 0.3) is 0 Å². The zero-order valence-electron chi connectivity index (χ0n) is 11.5. The Morgan fingerprint density at radius 2 is 1.19 bits per heavy atom. The molecule has 0 aromatic carbocycles. The van der Waals surface area contributed by atoms with Gasteiger partial charge in [-0.2, -0.15) is 0 Å². The molecule has 0 aromatic rings. The van der Waals surface area contributed by atoms with Gasteiger partial charge in [0.25, 0.3) is 0 Å². The predicted molar refractivity (Wildman–Crippen MR) is 71.8 cm³/mol. The SMILES string of the molecule is CCCCCB(OCCCC)OCCCC. The summed E-state index contributed by atoms with van der Waals surface area (Å²) in [5.41, 5.74) is 0. The lowest BCUT2D eigenvalue weighted by atomic mass is 9.81. The standard InChI is InChI=1S/C13H29BO2/c1-4-7-10-11-14(15-12-8-5-2)16-13-9-6-3/h4-13H2,1-3H3. The van der Waals surface area contributed by atoms with Crippen LogP contribution in [0.3, 0.4) is 0 Å². The summed E-state index contributed by atoms with van der Waals surface area (Å²) in [6.45, 7) is 8.30. The highest BCUT2D eigenvalue weighted by Gasteiger charge is 2.16. The molecule has 0 spiro atoms. The van der Waals surface area contributed by atoms with E-state index < -0.39 is 0 Å². The van der Waals surface area contributed by atoms with Crippen LogP contribution in [0.2, 0.25) is 6.32 Å². The zero-order valence-corrected chi connectivity index (χ0v) is 11.5. The Morgan fingerprint density at radius 1 is 0.688 bits per heavy atom. The van der Waals surface area contributed by atoms with Gasteiger partial charge in [0.2, 0.25) is 0 Å². The Kier molecular flexibility index (Phi) is 13.0. The fraction of sp³-hybridized carbons (Fsp3) is 1.00. The highest BCUT2D eigenvalue weighted by molar-refractivity contribution is 6.44. The van der Waals surface area contributed by atoms with E-state index in [4.69, 9.17) is 9.31 Å². The lowest BCUT2D eigenvalue weighted by Crippen LogP contribution is -2.24. The Labute approximate surface area is 102 Å². The van der Waals surface area contributed by atoms with E-state index in [0.29, 0.717) is 0 Å². The highest BCUT2D eigenvalue weighted by Crippen LogP contribution is 2.08. The Hall–Kier alpha value is -0.0151. The van der Waals surface area contributed by atoms with E-state index in [-0.39, 0.29) is 7.12 Å². The molecule has 2 nitrogen and oxygen atoms in total. The van der Waals surface area contributed by atoms with Crippen LogP contribution in [0.15, 0.2) is 0 Å². The van der Waals surface area contributed by atoms with Gasteiger partial charge < -0.3 is 9.31 Å². The summed E-state index contributed by atoms with van der Waals surface area (Å²) in [4.78, 5) is 0. The molecule has 0 heterocycles. The smallest absolute Gasteiger partial charge is 0.411 e. The van der Waals surface area contributed by atoms with Crippen LogP contribution in [-0.4, -0.2) is 20.3 Å². The molecule has 0 aliphatic rings. The Morgan fingerprint density at radius 3 is 1.62 bits per heavy atom. The largest absolute Gasteiger partial charge is 0.456 e. The van der Waals surface area contributed by atoms with Gasteiger partial charge in [-0.3, -0.25) is 0 Å². The second kappa shape index (κ2) is 13.1. The van der Waals surface area contributed by atoms with Crippen molar-refractivity contribution >= 4 is 7.12 Å². The van der Waals surface area contributed by atoms with Crippen LogP contribution in [0, 0.1) is 0 Å². The van der Waals surface area contributed by atoms with Gasteiger partial charge in [0.05, 0.1) is 0 Å². The molecular formula is C13H29BO2. The molecule has 0 atom stereocenters.